The van der Waals surface area contributed by atoms with Gasteiger partial charge >= 0.3 is 0 Å². The monoisotopic (exact) mass is 987 g/mol. The highest BCUT2D eigenvalue weighted by Gasteiger charge is 2.23. The van der Waals surface area contributed by atoms with Crippen molar-refractivity contribution in [3.63, 3.8) is 0 Å². The van der Waals surface area contributed by atoms with Crippen LogP contribution in [0.2, 0.25) is 0 Å². The maximum atomic E-state index is 2.47. The Morgan fingerprint density at radius 3 is 1.30 bits per heavy atom. The van der Waals surface area contributed by atoms with Gasteiger partial charge in [0.1, 0.15) is 0 Å². The largest absolute Gasteiger partial charge is 0.310 e. The Balaban J connectivity index is 0.895. The summed E-state index contributed by atoms with van der Waals surface area (Å²) in [5.74, 6) is 0. The summed E-state index contributed by atoms with van der Waals surface area (Å²) in [5.41, 5.74) is 14.6. The molecule has 358 valence electrons. The van der Waals surface area contributed by atoms with Crippen molar-refractivity contribution >= 4 is 115 Å². The van der Waals surface area contributed by atoms with E-state index < -0.39 is 0 Å². The van der Waals surface area contributed by atoms with Gasteiger partial charge in [0.25, 0.3) is 0 Å². The van der Waals surface area contributed by atoms with E-state index in [0.717, 1.165) is 67.9 Å². The van der Waals surface area contributed by atoms with Crippen molar-refractivity contribution in [1.29, 1.82) is 0 Å². The van der Waals surface area contributed by atoms with Crippen LogP contribution in [0.4, 0.5) is 51.2 Å². The molecule has 13 aromatic carbocycles. The molecule has 0 saturated heterocycles. The molecule has 0 spiro atoms. The van der Waals surface area contributed by atoms with Crippen LogP contribution in [-0.2, 0) is 0 Å². The van der Waals surface area contributed by atoms with Gasteiger partial charge in [0.05, 0.1) is 17.1 Å². The maximum absolute atomic E-state index is 2.47. The average Bonchev–Trinajstić information content (AvgIpc) is 3.92. The Kier molecular flexibility index (Phi) is 11.4. The zero-order valence-electron chi connectivity index (χ0n) is 41.5. The number of benzene rings is 13. The Hall–Kier alpha value is -9.74. The second-order valence-electron chi connectivity index (χ2n) is 19.3. The lowest BCUT2D eigenvalue weighted by atomic mass is 9.97. The van der Waals surface area contributed by atoms with Gasteiger partial charge in [0, 0.05) is 65.1 Å². The molecule has 3 nitrogen and oxygen atoms in total. The van der Waals surface area contributed by atoms with Gasteiger partial charge < -0.3 is 14.7 Å². The highest BCUT2D eigenvalue weighted by Crippen LogP contribution is 2.49. The molecule has 0 amide bonds. The van der Waals surface area contributed by atoms with Gasteiger partial charge in [-0.3, -0.25) is 0 Å². The fourth-order valence-corrected chi connectivity index (χ4v) is 12.4. The summed E-state index contributed by atoms with van der Waals surface area (Å²) in [4.78, 5) is 7.22. The average molecular weight is 988 g/mol. The van der Waals surface area contributed by atoms with Crippen molar-refractivity contribution in [2.75, 3.05) is 14.7 Å². The van der Waals surface area contributed by atoms with E-state index >= 15 is 0 Å². The number of hydrogen-bond donors (Lipinski definition) is 0. The topological polar surface area (TPSA) is 9.72 Å². The van der Waals surface area contributed by atoms with Gasteiger partial charge in [-0.15, -0.1) is 11.3 Å². The molecule has 4 heteroatoms. The maximum Gasteiger partial charge on any atom is 0.0555 e. The molecule has 0 saturated carbocycles. The zero-order chi connectivity index (χ0) is 50.4. The smallest absolute Gasteiger partial charge is 0.0555 e. The summed E-state index contributed by atoms with van der Waals surface area (Å²) >= 11 is 1.87. The second-order valence-corrected chi connectivity index (χ2v) is 20.4. The molecule has 0 aliphatic carbocycles. The standard InChI is InChI=1S/C72H49N3S/c1-5-26-56(27-6-1)73(57-28-7-2-8-29-57)60-34-19-24-50(45-60)51-25-20-35-61(46-51)74(58-30-9-3-10-31-58)68-48-55(44-53-22-14-16-37-63(53)68)52-42-43-66-71(49-52)76-70-41-21-40-67(72(66)70)75(59-32-11-4-12-33-59)69-47-54-23-13-15-36-62(54)64-38-17-18-39-65(64)69/h1-49H. The zero-order valence-corrected chi connectivity index (χ0v) is 42.4. The molecule has 0 bridgehead atoms. The molecule has 1 heterocycles. The third-order valence-electron chi connectivity index (χ3n) is 14.7. The highest BCUT2D eigenvalue weighted by molar-refractivity contribution is 7.26. The van der Waals surface area contributed by atoms with Crippen molar-refractivity contribution in [3.8, 4) is 22.3 Å². The SMILES string of the molecule is c1ccc(N(c2ccccc2)c2cccc(-c3cccc(N(c4ccccc4)c4cc(-c5ccc6c(c5)sc5cccc(N(c7ccccc7)c7cc8ccccc8c8ccccc78)c56)cc5ccccc45)c3)c2)cc1. The summed E-state index contributed by atoms with van der Waals surface area (Å²) in [7, 11) is 0. The number of nitrogens with zero attached hydrogens (tertiary/aromatic N) is 3. The van der Waals surface area contributed by atoms with Gasteiger partial charge in [-0.1, -0.05) is 188 Å². The lowest BCUT2D eigenvalue weighted by Gasteiger charge is -2.28. The Bertz CT molecular complexity index is 4380. The molecule has 0 radical (unpaired) electrons. The van der Waals surface area contributed by atoms with E-state index in [2.05, 4.69) is 312 Å². The Morgan fingerprint density at radius 1 is 0.211 bits per heavy atom. The normalized spacial score (nSPS) is 11.4. The fourth-order valence-electron chi connectivity index (χ4n) is 11.3. The van der Waals surface area contributed by atoms with E-state index in [9.17, 15) is 0 Å². The second kappa shape index (κ2) is 19.3. The number of thiophene rings is 1. The number of anilines is 9. The van der Waals surface area contributed by atoms with Crippen molar-refractivity contribution in [1.82, 2.24) is 0 Å². The van der Waals surface area contributed by atoms with Crippen LogP contribution < -0.4 is 14.7 Å². The molecule has 1 aromatic heterocycles. The minimum Gasteiger partial charge on any atom is -0.310 e. The molecular weight excluding hydrogens is 939 g/mol. The molecule has 76 heavy (non-hydrogen) atoms. The van der Waals surface area contributed by atoms with Gasteiger partial charge in [0.2, 0.25) is 0 Å². The first kappa shape index (κ1) is 44.9. The molecule has 0 atom stereocenters. The number of rotatable bonds is 11. The first-order valence-corrected chi connectivity index (χ1v) is 26.7. The molecule has 0 unspecified atom stereocenters. The minimum absolute atomic E-state index is 1.08. The van der Waals surface area contributed by atoms with Crippen LogP contribution in [0.1, 0.15) is 0 Å². The molecule has 14 rings (SSSR count). The number of para-hydroxylation sites is 4. The van der Waals surface area contributed by atoms with Crippen LogP contribution in [0.3, 0.4) is 0 Å². The molecular formula is C72H49N3S. The van der Waals surface area contributed by atoms with Crippen LogP contribution in [0.25, 0.3) is 74.7 Å². The van der Waals surface area contributed by atoms with Gasteiger partial charge in [-0.25, -0.2) is 0 Å². The minimum atomic E-state index is 1.08. The molecule has 14 aromatic rings. The summed E-state index contributed by atoms with van der Waals surface area (Å²) in [6.07, 6.45) is 0. The van der Waals surface area contributed by atoms with Crippen LogP contribution in [0.5, 0.6) is 0 Å². The van der Waals surface area contributed by atoms with E-state index in [0.29, 0.717) is 0 Å². The van der Waals surface area contributed by atoms with Crippen LogP contribution >= 0.6 is 11.3 Å². The quantitative estimate of drug-likeness (QED) is 0.120. The van der Waals surface area contributed by atoms with E-state index in [1.54, 1.807) is 0 Å². The lowest BCUT2D eigenvalue weighted by molar-refractivity contribution is 1.28. The first-order valence-electron chi connectivity index (χ1n) is 25.9. The van der Waals surface area contributed by atoms with E-state index in [4.69, 9.17) is 0 Å². The van der Waals surface area contributed by atoms with Gasteiger partial charge in [-0.05, 0) is 153 Å². The van der Waals surface area contributed by atoms with E-state index in [1.165, 1.54) is 58.1 Å². The van der Waals surface area contributed by atoms with Crippen molar-refractivity contribution in [2.24, 2.45) is 0 Å². The predicted octanol–water partition coefficient (Wildman–Crippen LogP) is 21.3. The Labute approximate surface area is 446 Å². The summed E-state index contributed by atoms with van der Waals surface area (Å²) < 4.78 is 2.50. The molecule has 0 fully saturated rings. The molecule has 0 aliphatic heterocycles. The predicted molar refractivity (Wildman–Crippen MR) is 327 cm³/mol. The molecule has 0 N–H and O–H groups in total. The van der Waals surface area contributed by atoms with Crippen molar-refractivity contribution in [3.05, 3.63) is 297 Å². The third kappa shape index (κ3) is 8.09. The van der Waals surface area contributed by atoms with Crippen molar-refractivity contribution < 1.29 is 0 Å². The van der Waals surface area contributed by atoms with E-state index in [1.807, 2.05) is 11.3 Å². The van der Waals surface area contributed by atoms with Crippen LogP contribution in [-0.4, -0.2) is 0 Å². The summed E-state index contributed by atoms with van der Waals surface area (Å²) in [6.45, 7) is 0. The first-order chi connectivity index (χ1) is 37.7. The van der Waals surface area contributed by atoms with Gasteiger partial charge in [0.15, 0.2) is 0 Å². The van der Waals surface area contributed by atoms with Crippen molar-refractivity contribution in [2.45, 2.75) is 0 Å². The summed E-state index contributed by atoms with van der Waals surface area (Å²) in [5, 5.41) is 9.80. The summed E-state index contributed by atoms with van der Waals surface area (Å²) in [6, 6.07) is 108. The van der Waals surface area contributed by atoms with Crippen LogP contribution in [0.15, 0.2) is 297 Å². The number of hydrogen-bond acceptors (Lipinski definition) is 4. The number of fused-ring (bicyclic) bond motifs is 7. The van der Waals surface area contributed by atoms with E-state index in [-0.39, 0.29) is 0 Å². The van der Waals surface area contributed by atoms with Gasteiger partial charge in [-0.2, -0.15) is 0 Å². The fraction of sp³-hybridized carbons (Fsp3) is 0. The third-order valence-corrected chi connectivity index (χ3v) is 15.8. The van der Waals surface area contributed by atoms with Crippen LogP contribution in [0, 0.1) is 0 Å². The highest BCUT2D eigenvalue weighted by atomic mass is 32.1. The molecule has 0 aliphatic rings. The lowest BCUT2D eigenvalue weighted by Crippen LogP contribution is -2.11. The Morgan fingerprint density at radius 2 is 0.671 bits per heavy atom.